The summed E-state index contributed by atoms with van der Waals surface area (Å²) in [5.74, 6) is 0.0661. The minimum atomic E-state index is 0.0661. The summed E-state index contributed by atoms with van der Waals surface area (Å²) < 4.78 is 0. The average Bonchev–Trinajstić information content (AvgIpc) is 2.35. The molecule has 0 aromatic heterocycles. The van der Waals surface area contributed by atoms with Crippen molar-refractivity contribution >= 4 is 21.8 Å². The molecule has 0 unspecified atom stereocenters. The zero-order valence-corrected chi connectivity index (χ0v) is 11.3. The third-order valence-corrected chi connectivity index (χ3v) is 3.05. The second-order valence-electron chi connectivity index (χ2n) is 3.66. The largest absolute Gasteiger partial charge is 0.340 e. The van der Waals surface area contributed by atoms with E-state index in [0.29, 0.717) is 0 Å². The van der Waals surface area contributed by atoms with Gasteiger partial charge in [0.05, 0.1) is 0 Å². The lowest BCUT2D eigenvalue weighted by molar-refractivity contribution is 0.0797. The molecule has 0 aliphatic heterocycles. The third-order valence-electron chi connectivity index (χ3n) is 2.40. The molecule has 16 heavy (non-hydrogen) atoms. The summed E-state index contributed by atoms with van der Waals surface area (Å²) in [5, 5.41) is 3.84. The Hall–Kier alpha value is -0.870. The average molecular weight is 285 g/mol. The first kappa shape index (κ1) is 13.2. The molecule has 0 saturated heterocycles. The van der Waals surface area contributed by atoms with Gasteiger partial charge in [0.1, 0.15) is 0 Å². The van der Waals surface area contributed by atoms with Gasteiger partial charge in [-0.25, -0.2) is 0 Å². The van der Waals surface area contributed by atoms with Crippen molar-refractivity contribution in [1.82, 2.24) is 10.2 Å². The molecule has 0 aliphatic rings. The van der Waals surface area contributed by atoms with Gasteiger partial charge < -0.3 is 10.2 Å². The summed E-state index contributed by atoms with van der Waals surface area (Å²) in [5.41, 5.74) is 1.91. The molecular formula is C12H17BrN2O. The highest BCUT2D eigenvalue weighted by molar-refractivity contribution is 9.08. The number of benzene rings is 1. The van der Waals surface area contributed by atoms with Gasteiger partial charge in [-0.15, -0.1) is 0 Å². The molecule has 0 bridgehead atoms. The molecule has 0 radical (unpaired) electrons. The quantitative estimate of drug-likeness (QED) is 0.838. The van der Waals surface area contributed by atoms with Crippen molar-refractivity contribution in [3.8, 4) is 0 Å². The predicted octanol–water partition coefficient (Wildman–Crippen LogP) is 1.87. The van der Waals surface area contributed by atoms with Gasteiger partial charge in [0.25, 0.3) is 5.91 Å². The van der Waals surface area contributed by atoms with Crippen molar-refractivity contribution in [2.24, 2.45) is 0 Å². The Bertz CT molecular complexity index is 337. The first-order valence-electron chi connectivity index (χ1n) is 5.24. The summed E-state index contributed by atoms with van der Waals surface area (Å²) in [7, 11) is 3.70. The first-order valence-corrected chi connectivity index (χ1v) is 6.36. The number of nitrogens with one attached hydrogen (secondary N) is 1. The van der Waals surface area contributed by atoms with E-state index in [-0.39, 0.29) is 5.91 Å². The Balaban J connectivity index is 2.64. The molecule has 1 rings (SSSR count). The maximum atomic E-state index is 11.9. The monoisotopic (exact) mass is 284 g/mol. The lowest BCUT2D eigenvalue weighted by atomic mass is 10.1. The molecule has 1 N–H and O–H groups in total. The van der Waals surface area contributed by atoms with Crippen LogP contribution in [-0.4, -0.2) is 38.0 Å². The highest BCUT2D eigenvalue weighted by atomic mass is 79.9. The smallest absolute Gasteiger partial charge is 0.253 e. The van der Waals surface area contributed by atoms with E-state index in [2.05, 4.69) is 21.2 Å². The van der Waals surface area contributed by atoms with Crippen molar-refractivity contribution in [3.05, 3.63) is 35.4 Å². The molecule has 3 nitrogen and oxygen atoms in total. The van der Waals surface area contributed by atoms with E-state index in [1.807, 2.05) is 38.4 Å². The van der Waals surface area contributed by atoms with Gasteiger partial charge in [0, 0.05) is 31.0 Å². The lowest BCUT2D eigenvalue weighted by Gasteiger charge is -2.16. The molecule has 0 aliphatic carbocycles. The molecule has 0 saturated carbocycles. The zero-order valence-electron chi connectivity index (χ0n) is 9.66. The maximum Gasteiger partial charge on any atom is 0.253 e. The van der Waals surface area contributed by atoms with Gasteiger partial charge in [0.2, 0.25) is 0 Å². The number of likely N-dealkylation sites (N-methyl/N-ethyl adjacent to an activating group) is 2. The van der Waals surface area contributed by atoms with Crippen molar-refractivity contribution in [2.45, 2.75) is 5.33 Å². The van der Waals surface area contributed by atoms with Crippen molar-refractivity contribution in [2.75, 3.05) is 27.2 Å². The number of alkyl halides is 1. The summed E-state index contributed by atoms with van der Waals surface area (Å²) in [6.45, 7) is 1.53. The van der Waals surface area contributed by atoms with Gasteiger partial charge in [-0.1, -0.05) is 28.1 Å². The molecule has 0 fully saturated rings. The molecule has 4 heteroatoms. The minimum absolute atomic E-state index is 0.0661. The second-order valence-corrected chi connectivity index (χ2v) is 4.22. The Labute approximate surface area is 105 Å². The highest BCUT2D eigenvalue weighted by Crippen LogP contribution is 2.09. The summed E-state index contributed by atoms with van der Waals surface area (Å²) in [6.07, 6.45) is 0. The lowest BCUT2D eigenvalue weighted by Crippen LogP contribution is -2.32. The Morgan fingerprint density at radius 2 is 2.00 bits per heavy atom. The van der Waals surface area contributed by atoms with E-state index in [0.717, 1.165) is 24.0 Å². The van der Waals surface area contributed by atoms with Crippen LogP contribution in [0.5, 0.6) is 0 Å². The number of nitrogens with zero attached hydrogens (tertiary/aromatic N) is 1. The Morgan fingerprint density at radius 1 is 1.38 bits per heavy atom. The molecule has 1 aromatic carbocycles. The van der Waals surface area contributed by atoms with Gasteiger partial charge in [-0.05, 0) is 24.7 Å². The fourth-order valence-corrected chi connectivity index (χ4v) is 1.71. The summed E-state index contributed by atoms with van der Waals surface area (Å²) in [6, 6.07) is 7.67. The number of halogens is 1. The van der Waals surface area contributed by atoms with E-state index >= 15 is 0 Å². The summed E-state index contributed by atoms with van der Waals surface area (Å²) >= 11 is 3.38. The minimum Gasteiger partial charge on any atom is -0.340 e. The molecule has 0 heterocycles. The van der Waals surface area contributed by atoms with Crippen LogP contribution in [0.25, 0.3) is 0 Å². The number of carbonyl (C=O) groups is 1. The number of carbonyl (C=O) groups excluding carboxylic acids is 1. The van der Waals surface area contributed by atoms with Crippen LogP contribution in [0.4, 0.5) is 0 Å². The van der Waals surface area contributed by atoms with Gasteiger partial charge in [0.15, 0.2) is 0 Å². The molecule has 1 amide bonds. The molecular weight excluding hydrogens is 268 g/mol. The number of hydrogen-bond acceptors (Lipinski definition) is 2. The van der Waals surface area contributed by atoms with Gasteiger partial charge in [-0.3, -0.25) is 4.79 Å². The Kier molecular flexibility index (Phi) is 5.49. The zero-order chi connectivity index (χ0) is 12.0. The highest BCUT2D eigenvalue weighted by Gasteiger charge is 2.10. The van der Waals surface area contributed by atoms with Crippen molar-refractivity contribution in [3.63, 3.8) is 0 Å². The molecule has 1 aromatic rings. The van der Waals surface area contributed by atoms with E-state index in [1.165, 1.54) is 5.56 Å². The van der Waals surface area contributed by atoms with Crippen LogP contribution >= 0.6 is 15.9 Å². The third kappa shape index (κ3) is 3.61. The van der Waals surface area contributed by atoms with E-state index < -0.39 is 0 Å². The molecule has 88 valence electrons. The van der Waals surface area contributed by atoms with Crippen LogP contribution in [0.15, 0.2) is 24.3 Å². The number of hydrogen-bond donors (Lipinski definition) is 1. The standard InChI is InChI=1S/C12H17BrN2O/c1-14-7-8-15(2)12(16)11-5-3-10(9-13)4-6-11/h3-6,14H,7-9H2,1-2H3. The van der Waals surface area contributed by atoms with Crippen LogP contribution in [0.1, 0.15) is 15.9 Å². The number of rotatable bonds is 5. The fourth-order valence-electron chi connectivity index (χ4n) is 1.34. The van der Waals surface area contributed by atoms with E-state index in [4.69, 9.17) is 0 Å². The predicted molar refractivity (Wildman–Crippen MR) is 70.0 cm³/mol. The van der Waals surface area contributed by atoms with Gasteiger partial charge >= 0.3 is 0 Å². The Morgan fingerprint density at radius 3 is 2.50 bits per heavy atom. The van der Waals surface area contributed by atoms with Crippen molar-refractivity contribution < 1.29 is 4.79 Å². The SMILES string of the molecule is CNCCN(C)C(=O)c1ccc(CBr)cc1. The second kappa shape index (κ2) is 6.66. The normalized spacial score (nSPS) is 10.2. The van der Waals surface area contributed by atoms with Crippen molar-refractivity contribution in [1.29, 1.82) is 0 Å². The van der Waals surface area contributed by atoms with Crippen LogP contribution in [0.2, 0.25) is 0 Å². The molecule has 0 atom stereocenters. The fraction of sp³-hybridized carbons (Fsp3) is 0.417. The topological polar surface area (TPSA) is 32.3 Å². The number of amides is 1. The first-order chi connectivity index (χ1) is 7.69. The van der Waals surface area contributed by atoms with Crippen LogP contribution in [0.3, 0.4) is 0 Å². The summed E-state index contributed by atoms with van der Waals surface area (Å²) in [4.78, 5) is 13.7. The maximum absolute atomic E-state index is 11.9. The van der Waals surface area contributed by atoms with E-state index in [1.54, 1.807) is 4.90 Å². The van der Waals surface area contributed by atoms with Crippen LogP contribution < -0.4 is 5.32 Å². The van der Waals surface area contributed by atoms with Gasteiger partial charge in [-0.2, -0.15) is 0 Å². The van der Waals surface area contributed by atoms with E-state index in [9.17, 15) is 4.79 Å². The van der Waals surface area contributed by atoms with Crippen LogP contribution in [0, 0.1) is 0 Å². The molecule has 0 spiro atoms. The van der Waals surface area contributed by atoms with Crippen LogP contribution in [-0.2, 0) is 5.33 Å².